The van der Waals surface area contributed by atoms with Crippen molar-refractivity contribution in [2.75, 3.05) is 18.8 Å². The Morgan fingerprint density at radius 3 is 2.56 bits per heavy atom. The SMILES string of the molecule is CCN(CC(N)=O)S(=O)(=O)c1cccc(F)c1N. The lowest BCUT2D eigenvalue weighted by molar-refractivity contribution is -0.118. The third-order valence-electron chi connectivity index (χ3n) is 2.32. The molecule has 1 amide bonds. The minimum atomic E-state index is -4.03. The van der Waals surface area contributed by atoms with Crippen LogP contribution in [0.5, 0.6) is 0 Å². The van der Waals surface area contributed by atoms with Crippen LogP contribution in [-0.4, -0.2) is 31.7 Å². The molecule has 0 spiro atoms. The monoisotopic (exact) mass is 275 g/mol. The maximum atomic E-state index is 13.2. The smallest absolute Gasteiger partial charge is 0.245 e. The van der Waals surface area contributed by atoms with E-state index in [1.54, 1.807) is 0 Å². The normalized spacial score (nSPS) is 11.7. The molecule has 0 aliphatic rings. The number of anilines is 1. The predicted molar refractivity (Wildman–Crippen MR) is 64.4 cm³/mol. The molecule has 6 nitrogen and oxygen atoms in total. The highest BCUT2D eigenvalue weighted by molar-refractivity contribution is 7.89. The van der Waals surface area contributed by atoms with Crippen molar-refractivity contribution in [1.82, 2.24) is 4.31 Å². The number of hydrogen-bond donors (Lipinski definition) is 2. The number of halogens is 1. The Balaban J connectivity index is 3.27. The Bertz CT molecular complexity index is 559. The van der Waals surface area contributed by atoms with Crippen LogP contribution < -0.4 is 11.5 Å². The van der Waals surface area contributed by atoms with E-state index in [-0.39, 0.29) is 11.4 Å². The van der Waals surface area contributed by atoms with Crippen LogP contribution in [0.15, 0.2) is 23.1 Å². The molecule has 0 saturated carbocycles. The number of para-hydroxylation sites is 1. The predicted octanol–water partition coefficient (Wildman–Crippen LogP) is -0.0962. The lowest BCUT2D eigenvalue weighted by Crippen LogP contribution is -2.38. The van der Waals surface area contributed by atoms with Gasteiger partial charge in [0.15, 0.2) is 0 Å². The summed E-state index contributed by atoms with van der Waals surface area (Å²) in [6.45, 7) is 1.09. The average molecular weight is 275 g/mol. The third kappa shape index (κ3) is 2.77. The number of carbonyl (C=O) groups is 1. The van der Waals surface area contributed by atoms with E-state index in [0.717, 1.165) is 10.4 Å². The first-order chi connectivity index (χ1) is 8.30. The summed E-state index contributed by atoms with van der Waals surface area (Å²) in [5.74, 6) is -1.62. The van der Waals surface area contributed by atoms with E-state index in [0.29, 0.717) is 0 Å². The molecular weight excluding hydrogens is 261 g/mol. The lowest BCUT2D eigenvalue weighted by Gasteiger charge is -2.19. The van der Waals surface area contributed by atoms with Gasteiger partial charge in [0, 0.05) is 6.54 Å². The maximum Gasteiger partial charge on any atom is 0.245 e. The summed E-state index contributed by atoms with van der Waals surface area (Å²) in [7, 11) is -4.03. The molecule has 0 saturated heterocycles. The van der Waals surface area contributed by atoms with E-state index in [1.807, 2.05) is 0 Å². The summed E-state index contributed by atoms with van der Waals surface area (Å²) in [6, 6.07) is 3.47. The molecule has 0 aromatic heterocycles. The van der Waals surface area contributed by atoms with E-state index in [1.165, 1.54) is 19.1 Å². The van der Waals surface area contributed by atoms with Crippen LogP contribution in [0.2, 0.25) is 0 Å². The van der Waals surface area contributed by atoms with Gasteiger partial charge in [-0.2, -0.15) is 4.31 Å². The molecule has 1 rings (SSSR count). The van der Waals surface area contributed by atoms with E-state index in [9.17, 15) is 17.6 Å². The zero-order chi connectivity index (χ0) is 13.9. The van der Waals surface area contributed by atoms with Crippen LogP contribution in [0.3, 0.4) is 0 Å². The molecule has 4 N–H and O–H groups in total. The number of nitrogens with zero attached hydrogens (tertiary/aromatic N) is 1. The van der Waals surface area contributed by atoms with Crippen LogP contribution in [0.4, 0.5) is 10.1 Å². The van der Waals surface area contributed by atoms with Gasteiger partial charge in [-0.3, -0.25) is 4.79 Å². The third-order valence-corrected chi connectivity index (χ3v) is 4.29. The van der Waals surface area contributed by atoms with Crippen LogP contribution in [0, 0.1) is 5.82 Å². The lowest BCUT2D eigenvalue weighted by atomic mass is 10.3. The molecule has 18 heavy (non-hydrogen) atoms. The van der Waals surface area contributed by atoms with E-state index in [2.05, 4.69) is 0 Å². The van der Waals surface area contributed by atoms with Crippen molar-refractivity contribution in [3.63, 3.8) is 0 Å². The molecule has 100 valence electrons. The summed E-state index contributed by atoms with van der Waals surface area (Å²) < 4.78 is 38.4. The molecule has 0 fully saturated rings. The van der Waals surface area contributed by atoms with Crippen molar-refractivity contribution < 1.29 is 17.6 Å². The first-order valence-corrected chi connectivity index (χ1v) is 6.57. The number of benzene rings is 1. The second-order valence-corrected chi connectivity index (χ2v) is 5.46. The number of sulfonamides is 1. The van der Waals surface area contributed by atoms with Gasteiger partial charge in [0.1, 0.15) is 10.7 Å². The van der Waals surface area contributed by atoms with Crippen LogP contribution in [0.25, 0.3) is 0 Å². The number of likely N-dealkylation sites (N-methyl/N-ethyl adjacent to an activating group) is 1. The Kier molecular flexibility index (Phi) is 4.25. The van der Waals surface area contributed by atoms with E-state index in [4.69, 9.17) is 11.5 Å². The minimum Gasteiger partial charge on any atom is -0.395 e. The number of rotatable bonds is 5. The molecule has 0 bridgehead atoms. The van der Waals surface area contributed by atoms with Gasteiger partial charge in [0.2, 0.25) is 15.9 Å². The van der Waals surface area contributed by atoms with E-state index < -0.39 is 34.0 Å². The number of primary amides is 1. The summed E-state index contributed by atoms with van der Waals surface area (Å²) in [4.78, 5) is 10.4. The van der Waals surface area contributed by atoms with Gasteiger partial charge in [-0.15, -0.1) is 0 Å². The van der Waals surface area contributed by atoms with Gasteiger partial charge in [-0.05, 0) is 12.1 Å². The molecular formula is C10H14FN3O3S. The highest BCUT2D eigenvalue weighted by Crippen LogP contribution is 2.24. The fourth-order valence-corrected chi connectivity index (χ4v) is 2.96. The topological polar surface area (TPSA) is 106 Å². The van der Waals surface area contributed by atoms with Gasteiger partial charge < -0.3 is 11.5 Å². The fourth-order valence-electron chi connectivity index (χ4n) is 1.42. The fraction of sp³-hybridized carbons (Fsp3) is 0.300. The van der Waals surface area contributed by atoms with Crippen molar-refractivity contribution in [1.29, 1.82) is 0 Å². The first-order valence-electron chi connectivity index (χ1n) is 5.13. The molecule has 8 heteroatoms. The number of nitrogens with two attached hydrogens (primary N) is 2. The number of hydrogen-bond acceptors (Lipinski definition) is 4. The highest BCUT2D eigenvalue weighted by atomic mass is 32.2. The van der Waals surface area contributed by atoms with Gasteiger partial charge in [-0.25, -0.2) is 12.8 Å². The van der Waals surface area contributed by atoms with Crippen molar-refractivity contribution in [2.24, 2.45) is 5.73 Å². The number of amides is 1. The Labute approximate surface area is 104 Å². The van der Waals surface area contributed by atoms with Crippen LogP contribution in [-0.2, 0) is 14.8 Å². The molecule has 0 radical (unpaired) electrons. The van der Waals surface area contributed by atoms with Gasteiger partial charge in [-0.1, -0.05) is 13.0 Å². The molecule has 0 aliphatic heterocycles. The first kappa shape index (κ1) is 14.4. The largest absolute Gasteiger partial charge is 0.395 e. The van der Waals surface area contributed by atoms with Crippen molar-refractivity contribution in [3.05, 3.63) is 24.0 Å². The van der Waals surface area contributed by atoms with Gasteiger partial charge >= 0.3 is 0 Å². The number of carbonyl (C=O) groups excluding carboxylic acids is 1. The van der Waals surface area contributed by atoms with Crippen LogP contribution in [0.1, 0.15) is 6.92 Å². The Morgan fingerprint density at radius 2 is 2.06 bits per heavy atom. The van der Waals surface area contributed by atoms with Crippen LogP contribution >= 0.6 is 0 Å². The van der Waals surface area contributed by atoms with Crippen molar-refractivity contribution in [2.45, 2.75) is 11.8 Å². The van der Waals surface area contributed by atoms with Gasteiger partial charge in [0.25, 0.3) is 0 Å². The highest BCUT2D eigenvalue weighted by Gasteiger charge is 2.27. The molecule has 0 heterocycles. The second kappa shape index (κ2) is 5.32. The number of nitrogen functional groups attached to an aromatic ring is 1. The zero-order valence-corrected chi connectivity index (χ0v) is 10.6. The molecule has 0 unspecified atom stereocenters. The van der Waals surface area contributed by atoms with Crippen molar-refractivity contribution >= 4 is 21.6 Å². The van der Waals surface area contributed by atoms with E-state index >= 15 is 0 Å². The quantitative estimate of drug-likeness (QED) is 0.732. The average Bonchev–Trinajstić information content (AvgIpc) is 2.28. The zero-order valence-electron chi connectivity index (χ0n) is 9.76. The summed E-state index contributed by atoms with van der Waals surface area (Å²) >= 11 is 0. The summed E-state index contributed by atoms with van der Waals surface area (Å²) in [6.07, 6.45) is 0. The Morgan fingerprint density at radius 1 is 1.44 bits per heavy atom. The van der Waals surface area contributed by atoms with Crippen molar-refractivity contribution in [3.8, 4) is 0 Å². The molecule has 1 aromatic carbocycles. The standard InChI is InChI=1S/C10H14FN3O3S/c1-2-14(6-9(12)15)18(16,17)8-5-3-4-7(11)10(8)13/h3-5H,2,6,13H2,1H3,(H2,12,15). The van der Waals surface area contributed by atoms with Gasteiger partial charge in [0.05, 0.1) is 12.2 Å². The second-order valence-electron chi connectivity index (χ2n) is 3.55. The molecule has 1 aromatic rings. The summed E-state index contributed by atoms with van der Waals surface area (Å²) in [5.41, 5.74) is 9.88. The molecule has 0 aliphatic carbocycles. The minimum absolute atomic E-state index is 0.0290. The molecule has 0 atom stereocenters. The maximum absolute atomic E-state index is 13.2. The summed E-state index contributed by atoms with van der Waals surface area (Å²) in [5, 5.41) is 0. The Hall–Kier alpha value is -1.67.